The fraction of sp³-hybridized carbons (Fsp3) is 0. The Hall–Kier alpha value is 0.343. The Kier molecular flexibility index (Phi) is 1.29. The Morgan fingerprint density at radius 1 is 0.800 bits per heavy atom. The summed E-state index contributed by atoms with van der Waals surface area (Å²) in [5.74, 6) is 0. The van der Waals surface area contributed by atoms with Gasteiger partial charge in [0.05, 0.1) is 0 Å². The van der Waals surface area contributed by atoms with Gasteiger partial charge < -0.3 is 0 Å². The van der Waals surface area contributed by atoms with E-state index < -0.39 is 16.8 Å². The van der Waals surface area contributed by atoms with Crippen molar-refractivity contribution in [2.45, 2.75) is 0 Å². The monoisotopic (exact) mass is 179 g/mol. The van der Waals surface area contributed by atoms with E-state index in [4.69, 9.17) is 0 Å². The van der Waals surface area contributed by atoms with Gasteiger partial charge in [0.25, 0.3) is 0 Å². The maximum absolute atomic E-state index is 9.85. The van der Waals surface area contributed by atoms with Crippen LogP contribution in [0.5, 0.6) is 0 Å². The molecule has 0 spiro atoms. The van der Waals surface area contributed by atoms with Crippen LogP contribution in [0.4, 0.5) is 13.3 Å². The minimum atomic E-state index is -6.78. The molecule has 0 amide bonds. The summed E-state index contributed by atoms with van der Waals surface area (Å²) >= 11 is -6.78. The van der Waals surface area contributed by atoms with Gasteiger partial charge in [-0.05, 0) is 0 Å². The van der Waals surface area contributed by atoms with Crippen molar-refractivity contribution in [2.75, 3.05) is 0 Å². The molecule has 0 rings (SSSR count). The molecule has 0 aromatic carbocycles. The summed E-state index contributed by atoms with van der Waals surface area (Å²) in [7, 11) is 0. The first-order valence-corrected chi connectivity index (χ1v) is 2.98. The Morgan fingerprint density at radius 2 is 0.800 bits per heavy atom. The van der Waals surface area contributed by atoms with Crippen LogP contribution in [0.2, 0.25) is 0 Å². The second-order valence-electron chi connectivity index (χ2n) is 0.286. The van der Waals surface area contributed by atoms with Crippen LogP contribution in [-0.4, -0.2) is 0 Å². The average molecular weight is 179 g/mol. The Morgan fingerprint density at radius 3 is 0.800 bits per heavy atom. The molecule has 0 aliphatic rings. The van der Waals surface area contributed by atoms with Crippen molar-refractivity contribution < 1.29 is 30.0 Å². The van der Waals surface area contributed by atoms with E-state index in [1.165, 1.54) is 0 Å². The average Bonchev–Trinajstić information content (AvgIpc) is 0.722. The predicted octanol–water partition coefficient (Wildman–Crippen LogP) is 1.68. The first-order valence-electron chi connectivity index (χ1n) is 0.504. The van der Waals surface area contributed by atoms with E-state index >= 15 is 0 Å². The van der Waals surface area contributed by atoms with Gasteiger partial charge in [0.2, 0.25) is 0 Å². The molecule has 0 aliphatic carbocycles. The minimum absolute atomic E-state index is 6.78. The summed E-state index contributed by atoms with van der Waals surface area (Å²) in [6.45, 7) is 0. The van der Waals surface area contributed by atoms with E-state index in [0.717, 1.165) is 0 Å². The molecule has 0 atom stereocenters. The molecular weight excluding hydrogens is 179 g/mol. The van der Waals surface area contributed by atoms with Gasteiger partial charge in [0.1, 0.15) is 0 Å². The van der Waals surface area contributed by atoms with Crippen LogP contribution in [0.1, 0.15) is 0 Å². The molecule has 0 unspecified atom stereocenters. The molecule has 0 aromatic heterocycles. The predicted molar refractivity (Wildman–Crippen MR) is 4.43 cm³/mol. The first-order chi connectivity index (χ1) is 2.00. The van der Waals surface area contributed by atoms with Crippen LogP contribution in [0, 0.1) is 0 Å². The topological polar surface area (TPSA) is 0 Å². The molecule has 0 fully saturated rings. The van der Waals surface area contributed by atoms with E-state index in [-0.39, 0.29) is 0 Å². The molecule has 5 heavy (non-hydrogen) atoms. The summed E-state index contributed by atoms with van der Waals surface area (Å²) in [5.41, 5.74) is 0. The van der Waals surface area contributed by atoms with Crippen molar-refractivity contribution in [3.8, 4) is 0 Å². The van der Waals surface area contributed by atoms with E-state index in [0.29, 0.717) is 0 Å². The summed E-state index contributed by atoms with van der Waals surface area (Å²) in [6, 6.07) is 0. The zero-order valence-electron chi connectivity index (χ0n) is 1.85. The van der Waals surface area contributed by atoms with Gasteiger partial charge in [-0.3, -0.25) is 0 Å². The van der Waals surface area contributed by atoms with Gasteiger partial charge >= 0.3 is 30.0 Å². The molecule has 40 valence electrons. The van der Waals surface area contributed by atoms with Crippen LogP contribution >= 0.6 is 0 Å². The van der Waals surface area contributed by atoms with Crippen molar-refractivity contribution >= 4 is 0 Å². The van der Waals surface area contributed by atoms with Crippen LogP contribution in [0.25, 0.3) is 0 Å². The van der Waals surface area contributed by atoms with Gasteiger partial charge in [-0.15, -0.1) is 0 Å². The van der Waals surface area contributed by atoms with Crippen molar-refractivity contribution in [3.05, 3.63) is 0 Å². The maximum atomic E-state index is 9.85. The van der Waals surface area contributed by atoms with Crippen LogP contribution in [-0.2, 0) is 16.8 Å². The van der Waals surface area contributed by atoms with Crippen molar-refractivity contribution in [3.63, 3.8) is 0 Å². The SMILES string of the molecule is [F][Rh-3]([F])([F])[F]. The molecule has 0 N–H and O–H groups in total. The number of rotatable bonds is 0. The molecule has 0 saturated heterocycles. The van der Waals surface area contributed by atoms with Crippen LogP contribution in [0.15, 0.2) is 0 Å². The van der Waals surface area contributed by atoms with E-state index in [1.807, 2.05) is 0 Å². The molecule has 0 heterocycles. The van der Waals surface area contributed by atoms with E-state index in [1.54, 1.807) is 0 Å². The van der Waals surface area contributed by atoms with Crippen LogP contribution in [0.3, 0.4) is 0 Å². The fourth-order valence-electron chi connectivity index (χ4n) is 0. The van der Waals surface area contributed by atoms with Gasteiger partial charge in [-0.25, -0.2) is 0 Å². The molecule has 5 heteroatoms. The Labute approximate surface area is 30.9 Å². The van der Waals surface area contributed by atoms with Crippen molar-refractivity contribution in [1.29, 1.82) is 0 Å². The standard InChI is InChI=1S/4FH.Rh/h4*1H;/q;;;;+1/p-4. The third-order valence-electron chi connectivity index (χ3n) is 0. The van der Waals surface area contributed by atoms with Gasteiger partial charge in [0, 0.05) is 0 Å². The van der Waals surface area contributed by atoms with E-state index in [2.05, 4.69) is 0 Å². The molecule has 0 bridgehead atoms. The van der Waals surface area contributed by atoms with E-state index in [9.17, 15) is 13.3 Å². The molecule has 0 saturated carbocycles. The summed E-state index contributed by atoms with van der Waals surface area (Å²) in [6.07, 6.45) is 0. The summed E-state index contributed by atoms with van der Waals surface area (Å²) in [4.78, 5) is 0. The van der Waals surface area contributed by atoms with Gasteiger partial charge in [0.15, 0.2) is 0 Å². The first kappa shape index (κ1) is 5.34. The molecule has 0 aliphatic heterocycles. The Bertz CT molecular complexity index is 19.1. The van der Waals surface area contributed by atoms with Gasteiger partial charge in [-0.2, -0.15) is 0 Å². The molecular formula is F4Rh-3. The number of halogens is 4. The molecule has 0 radical (unpaired) electrons. The normalized spacial score (nSPS) is 15.2. The zero-order chi connectivity index (χ0) is 4.50. The molecule has 0 nitrogen and oxygen atoms in total. The molecule has 0 aromatic rings. The van der Waals surface area contributed by atoms with Crippen molar-refractivity contribution in [1.82, 2.24) is 0 Å². The Balaban J connectivity index is 3.02. The second-order valence-corrected chi connectivity index (χ2v) is 1.69. The summed E-state index contributed by atoms with van der Waals surface area (Å²) in [5, 5.41) is 0. The number of hydrogen-bond donors (Lipinski definition) is 0. The second kappa shape index (κ2) is 1.21. The third kappa shape index (κ3) is 202. The van der Waals surface area contributed by atoms with Gasteiger partial charge in [-0.1, -0.05) is 0 Å². The summed E-state index contributed by atoms with van der Waals surface area (Å²) < 4.78 is 39.4. The fourth-order valence-corrected chi connectivity index (χ4v) is 0. The quantitative estimate of drug-likeness (QED) is 0.392. The zero-order valence-corrected chi connectivity index (χ0v) is 3.48. The number of hydrogen-bond acceptors (Lipinski definition) is 0. The van der Waals surface area contributed by atoms with Crippen LogP contribution < -0.4 is 0 Å². The van der Waals surface area contributed by atoms with Crippen molar-refractivity contribution in [2.24, 2.45) is 0 Å². The third-order valence-corrected chi connectivity index (χ3v) is 0.